The first-order chi connectivity index (χ1) is 9.90. The topological polar surface area (TPSA) is 94.0 Å². The molecule has 2 rings (SSSR count). The van der Waals surface area contributed by atoms with Crippen LogP contribution < -0.4 is 11.1 Å². The molecule has 3 N–H and O–H groups in total. The molecular weight excluding hydrogens is 268 g/mol. The van der Waals surface area contributed by atoms with Gasteiger partial charge >= 0.3 is 0 Å². The molecular formula is C15H26N4O2. The molecule has 6 heteroatoms. The first-order valence-corrected chi connectivity index (χ1v) is 7.73. The maximum absolute atomic E-state index is 11.8. The Kier molecular flexibility index (Phi) is 4.98. The van der Waals surface area contributed by atoms with E-state index in [-0.39, 0.29) is 17.1 Å². The molecule has 0 saturated heterocycles. The molecule has 1 heterocycles. The molecule has 1 unspecified atom stereocenters. The number of rotatable bonds is 7. The highest BCUT2D eigenvalue weighted by Gasteiger charge is 2.27. The Morgan fingerprint density at radius 2 is 2.14 bits per heavy atom. The first kappa shape index (κ1) is 15.9. The van der Waals surface area contributed by atoms with E-state index in [0.29, 0.717) is 30.8 Å². The minimum atomic E-state index is -0.234. The van der Waals surface area contributed by atoms with Gasteiger partial charge in [-0.15, -0.1) is 0 Å². The van der Waals surface area contributed by atoms with E-state index in [4.69, 9.17) is 10.3 Å². The predicted octanol–water partition coefficient (Wildman–Crippen LogP) is 1.91. The molecule has 0 aliphatic heterocycles. The third kappa shape index (κ3) is 4.81. The van der Waals surface area contributed by atoms with Gasteiger partial charge in [0.1, 0.15) is 0 Å². The number of carbonyl (C=O) groups is 1. The van der Waals surface area contributed by atoms with Crippen LogP contribution in [0.4, 0.5) is 0 Å². The average molecular weight is 294 g/mol. The molecule has 1 amide bonds. The summed E-state index contributed by atoms with van der Waals surface area (Å²) >= 11 is 0. The van der Waals surface area contributed by atoms with Gasteiger partial charge < -0.3 is 15.6 Å². The van der Waals surface area contributed by atoms with Gasteiger partial charge in [-0.1, -0.05) is 25.9 Å². The molecule has 1 atom stereocenters. The summed E-state index contributed by atoms with van der Waals surface area (Å²) in [4.78, 5) is 16.0. The van der Waals surface area contributed by atoms with Crippen LogP contribution in [0.3, 0.4) is 0 Å². The van der Waals surface area contributed by atoms with Gasteiger partial charge in [0.25, 0.3) is 11.7 Å². The Hall–Kier alpha value is -1.43. The number of nitrogens with two attached hydrogens (primary N) is 1. The zero-order valence-electron chi connectivity index (χ0n) is 13.2. The van der Waals surface area contributed by atoms with Crippen molar-refractivity contribution in [1.82, 2.24) is 15.5 Å². The number of hydrogen-bond donors (Lipinski definition) is 2. The van der Waals surface area contributed by atoms with Crippen molar-refractivity contribution in [3.05, 3.63) is 11.7 Å². The predicted molar refractivity (Wildman–Crippen MR) is 79.7 cm³/mol. The summed E-state index contributed by atoms with van der Waals surface area (Å²) in [5.41, 5.74) is 5.89. The summed E-state index contributed by atoms with van der Waals surface area (Å²) in [6, 6.07) is 0.300. The summed E-state index contributed by atoms with van der Waals surface area (Å²) in [6.45, 7) is 7.34. The van der Waals surface area contributed by atoms with Gasteiger partial charge in [0.2, 0.25) is 5.89 Å². The minimum Gasteiger partial charge on any atom is -0.346 e. The van der Waals surface area contributed by atoms with Crippen molar-refractivity contribution in [2.45, 2.75) is 58.9 Å². The second-order valence-corrected chi connectivity index (χ2v) is 6.94. The van der Waals surface area contributed by atoms with Gasteiger partial charge in [0.15, 0.2) is 0 Å². The highest BCUT2D eigenvalue weighted by molar-refractivity contribution is 5.90. The lowest BCUT2D eigenvalue weighted by Crippen LogP contribution is -2.26. The summed E-state index contributed by atoms with van der Waals surface area (Å²) in [7, 11) is 0. The monoisotopic (exact) mass is 294 g/mol. The fourth-order valence-electron chi connectivity index (χ4n) is 2.44. The molecule has 0 aromatic carbocycles. The van der Waals surface area contributed by atoms with E-state index in [0.717, 1.165) is 25.7 Å². The molecule has 1 aromatic rings. The molecule has 1 aliphatic rings. The lowest BCUT2D eigenvalue weighted by atomic mass is 9.76. The fourth-order valence-corrected chi connectivity index (χ4v) is 2.44. The Balaban J connectivity index is 1.87. The minimum absolute atomic E-state index is 0.142. The lowest BCUT2D eigenvalue weighted by Gasteiger charge is -2.30. The third-order valence-corrected chi connectivity index (χ3v) is 4.03. The lowest BCUT2D eigenvalue weighted by molar-refractivity contribution is 0.0937. The van der Waals surface area contributed by atoms with E-state index in [2.05, 4.69) is 36.2 Å². The maximum Gasteiger partial charge on any atom is 0.292 e. The third-order valence-electron chi connectivity index (χ3n) is 4.03. The van der Waals surface area contributed by atoms with Crippen molar-refractivity contribution >= 4 is 5.91 Å². The number of aryl methyl sites for hydroxylation is 1. The number of hydrogen-bond acceptors (Lipinski definition) is 5. The van der Waals surface area contributed by atoms with Crippen LogP contribution in [-0.4, -0.2) is 28.6 Å². The van der Waals surface area contributed by atoms with E-state index in [9.17, 15) is 4.79 Å². The van der Waals surface area contributed by atoms with Gasteiger partial charge in [-0.3, -0.25) is 4.79 Å². The zero-order chi connectivity index (χ0) is 15.5. The quantitative estimate of drug-likeness (QED) is 0.801. The highest BCUT2D eigenvalue weighted by Crippen LogP contribution is 2.32. The molecule has 1 saturated carbocycles. The number of carbonyl (C=O) groups excluding carboxylic acids is 1. The standard InChI is InChI=1S/C15H26N4O2/c1-15(2,3)10(8-9-16)4-7-12-18-13(19-21-12)14(20)17-11-5-6-11/h10-11H,4-9,16H2,1-3H3,(H,17,20). The van der Waals surface area contributed by atoms with Crippen LogP contribution in [0.15, 0.2) is 4.52 Å². The van der Waals surface area contributed by atoms with Crippen LogP contribution in [0.25, 0.3) is 0 Å². The van der Waals surface area contributed by atoms with E-state index in [1.165, 1.54) is 0 Å². The SMILES string of the molecule is CC(C)(C)C(CCN)CCc1nc(C(=O)NC2CC2)no1. The molecule has 1 fully saturated rings. The van der Waals surface area contributed by atoms with Gasteiger partial charge in [-0.05, 0) is 43.6 Å². The van der Waals surface area contributed by atoms with E-state index in [1.54, 1.807) is 0 Å². The second kappa shape index (κ2) is 6.56. The molecule has 1 aliphatic carbocycles. The van der Waals surface area contributed by atoms with Crippen LogP contribution in [0, 0.1) is 11.3 Å². The second-order valence-electron chi connectivity index (χ2n) is 6.94. The van der Waals surface area contributed by atoms with Crippen molar-refractivity contribution in [2.24, 2.45) is 17.1 Å². The van der Waals surface area contributed by atoms with Gasteiger partial charge in [-0.25, -0.2) is 0 Å². The number of aromatic nitrogens is 2. The Labute approximate surface area is 125 Å². The van der Waals surface area contributed by atoms with Crippen LogP contribution in [0.2, 0.25) is 0 Å². The Morgan fingerprint density at radius 3 is 2.71 bits per heavy atom. The van der Waals surface area contributed by atoms with E-state index >= 15 is 0 Å². The molecule has 118 valence electrons. The normalized spacial score (nSPS) is 16.8. The fraction of sp³-hybridized carbons (Fsp3) is 0.800. The van der Waals surface area contributed by atoms with Crippen molar-refractivity contribution in [1.29, 1.82) is 0 Å². The molecule has 0 spiro atoms. The number of nitrogens with one attached hydrogen (secondary N) is 1. The summed E-state index contributed by atoms with van der Waals surface area (Å²) in [5.74, 6) is 0.935. The summed E-state index contributed by atoms with van der Waals surface area (Å²) in [6.07, 6.45) is 4.69. The van der Waals surface area contributed by atoms with Gasteiger partial charge in [0, 0.05) is 12.5 Å². The first-order valence-electron chi connectivity index (χ1n) is 7.73. The van der Waals surface area contributed by atoms with Crippen LogP contribution in [0.1, 0.15) is 63.0 Å². The smallest absolute Gasteiger partial charge is 0.292 e. The average Bonchev–Trinajstić information content (AvgIpc) is 3.08. The van der Waals surface area contributed by atoms with Crippen LogP contribution in [0.5, 0.6) is 0 Å². The summed E-state index contributed by atoms with van der Waals surface area (Å²) < 4.78 is 5.18. The van der Waals surface area contributed by atoms with E-state index in [1.807, 2.05) is 0 Å². The van der Waals surface area contributed by atoms with Crippen molar-refractivity contribution < 1.29 is 9.32 Å². The van der Waals surface area contributed by atoms with E-state index < -0.39 is 0 Å². The largest absolute Gasteiger partial charge is 0.346 e. The van der Waals surface area contributed by atoms with Gasteiger partial charge in [0.05, 0.1) is 0 Å². The maximum atomic E-state index is 11.8. The number of amides is 1. The molecule has 0 bridgehead atoms. The Morgan fingerprint density at radius 1 is 1.43 bits per heavy atom. The van der Waals surface area contributed by atoms with Crippen molar-refractivity contribution in [2.75, 3.05) is 6.54 Å². The van der Waals surface area contributed by atoms with Crippen LogP contribution >= 0.6 is 0 Å². The molecule has 1 aromatic heterocycles. The van der Waals surface area contributed by atoms with Crippen LogP contribution in [-0.2, 0) is 6.42 Å². The zero-order valence-corrected chi connectivity index (χ0v) is 13.2. The highest BCUT2D eigenvalue weighted by atomic mass is 16.5. The number of nitrogens with zero attached hydrogens (tertiary/aromatic N) is 2. The van der Waals surface area contributed by atoms with Gasteiger partial charge in [-0.2, -0.15) is 4.98 Å². The van der Waals surface area contributed by atoms with Crippen molar-refractivity contribution in [3.8, 4) is 0 Å². The Bertz CT molecular complexity index is 474. The summed E-state index contributed by atoms with van der Waals surface area (Å²) in [5, 5.41) is 6.61. The molecule has 6 nitrogen and oxygen atoms in total. The molecule has 21 heavy (non-hydrogen) atoms. The molecule has 0 radical (unpaired) electrons. The van der Waals surface area contributed by atoms with Crippen molar-refractivity contribution in [3.63, 3.8) is 0 Å².